The maximum atomic E-state index is 11.7. The maximum Gasteiger partial charge on any atom is 0.319 e. The first kappa shape index (κ1) is 15.6. The Morgan fingerprint density at radius 2 is 1.89 bits per heavy atom. The predicted molar refractivity (Wildman–Crippen MR) is 75.4 cm³/mol. The molecule has 4 nitrogen and oxygen atoms in total. The molecule has 1 aromatic carbocycles. The van der Waals surface area contributed by atoms with Gasteiger partial charge in [0, 0.05) is 0 Å². The number of carbonyl (C=O) groups excluding carboxylic acids is 1. The summed E-state index contributed by atoms with van der Waals surface area (Å²) >= 11 is 1.11. The van der Waals surface area contributed by atoms with Gasteiger partial charge in [0.15, 0.2) is 0 Å². The second-order valence-corrected chi connectivity index (χ2v) is 5.87. The Balaban J connectivity index is 2.77. The average Bonchev–Trinajstić information content (AvgIpc) is 2.39. The summed E-state index contributed by atoms with van der Waals surface area (Å²) in [5, 5.41) is 7.77. The summed E-state index contributed by atoms with van der Waals surface area (Å²) in [5.41, 5.74) is 2.14. The Morgan fingerprint density at radius 1 is 1.32 bits per heavy atom. The first-order valence-electron chi connectivity index (χ1n) is 5.95. The Morgan fingerprint density at radius 3 is 2.37 bits per heavy atom. The number of carboxylic acids is 1. The Kier molecular flexibility index (Phi) is 5.89. The van der Waals surface area contributed by atoms with Crippen LogP contribution in [0.2, 0.25) is 0 Å². The van der Waals surface area contributed by atoms with E-state index in [-0.39, 0.29) is 0 Å². The lowest BCUT2D eigenvalue weighted by Gasteiger charge is -2.16. The van der Waals surface area contributed by atoms with Crippen molar-refractivity contribution in [2.45, 2.75) is 30.8 Å². The molecule has 2 unspecified atom stereocenters. The molecule has 0 aliphatic rings. The van der Waals surface area contributed by atoms with Crippen molar-refractivity contribution in [3.05, 3.63) is 35.4 Å². The third-order valence-electron chi connectivity index (χ3n) is 2.72. The van der Waals surface area contributed by atoms with Crippen molar-refractivity contribution >= 4 is 23.7 Å². The number of thioether (sulfide) groups is 1. The fourth-order valence-electron chi connectivity index (χ4n) is 1.56. The fraction of sp³-hybridized carbons (Fsp3) is 0.429. The zero-order chi connectivity index (χ0) is 14.4. The number of hydrogen-bond donors (Lipinski definition) is 1. The molecule has 0 saturated heterocycles. The maximum absolute atomic E-state index is 11.7. The fourth-order valence-corrected chi connectivity index (χ4v) is 2.67. The zero-order valence-corrected chi connectivity index (χ0v) is 12.1. The van der Waals surface area contributed by atoms with Crippen molar-refractivity contribution in [2.75, 3.05) is 7.11 Å². The lowest BCUT2D eigenvalue weighted by molar-refractivity contribution is -0.139. The normalized spacial score (nSPS) is 13.6. The molecule has 0 heterocycles. The molecule has 5 heteroatoms. The third-order valence-corrected chi connectivity index (χ3v) is 4.02. The lowest BCUT2D eigenvalue weighted by Crippen LogP contribution is -2.26. The number of methoxy groups -OCH3 is 1. The van der Waals surface area contributed by atoms with E-state index >= 15 is 0 Å². The molecule has 2 atom stereocenters. The molecule has 19 heavy (non-hydrogen) atoms. The van der Waals surface area contributed by atoms with E-state index in [4.69, 9.17) is 9.84 Å². The quantitative estimate of drug-likeness (QED) is 0.811. The molecule has 104 valence electrons. The van der Waals surface area contributed by atoms with Gasteiger partial charge in [0.25, 0.3) is 0 Å². The number of carboxylic acid groups (broad SMARTS) is 1. The number of carbonyl (C=O) groups is 2. The Bertz CT molecular complexity index is 441. The summed E-state index contributed by atoms with van der Waals surface area (Å²) < 4.78 is 4.74. The van der Waals surface area contributed by atoms with Gasteiger partial charge in [-0.1, -0.05) is 29.8 Å². The second-order valence-electron chi connectivity index (χ2n) is 4.32. The van der Waals surface area contributed by atoms with Gasteiger partial charge < -0.3 is 9.84 Å². The van der Waals surface area contributed by atoms with Gasteiger partial charge in [-0.05, 0) is 25.8 Å². The monoisotopic (exact) mass is 282 g/mol. The van der Waals surface area contributed by atoms with E-state index in [0.29, 0.717) is 6.42 Å². The van der Waals surface area contributed by atoms with Gasteiger partial charge in [-0.15, -0.1) is 11.8 Å². The highest BCUT2D eigenvalue weighted by Gasteiger charge is 2.25. The van der Waals surface area contributed by atoms with Crippen molar-refractivity contribution in [2.24, 2.45) is 0 Å². The molecule has 0 aliphatic carbocycles. The van der Waals surface area contributed by atoms with Gasteiger partial charge in [0.05, 0.1) is 7.11 Å². The lowest BCUT2D eigenvalue weighted by atomic mass is 10.1. The highest BCUT2D eigenvalue weighted by Crippen LogP contribution is 2.23. The molecule has 1 rings (SSSR count). The minimum atomic E-state index is -0.928. The highest BCUT2D eigenvalue weighted by molar-refractivity contribution is 8.01. The van der Waals surface area contributed by atoms with Crippen molar-refractivity contribution in [1.29, 1.82) is 0 Å². The van der Waals surface area contributed by atoms with Gasteiger partial charge in [-0.25, -0.2) is 0 Å². The standard InChI is InChI=1S/C14H18O4S/c1-9-4-6-11(7-5-9)8-12(14(17)18-3)19-10(2)13(15)16/h4-7,10,12H,8H2,1-3H3,(H,15,16). The van der Waals surface area contributed by atoms with Crippen molar-refractivity contribution in [3.63, 3.8) is 0 Å². The predicted octanol–water partition coefficient (Wildman–Crippen LogP) is 2.29. The van der Waals surface area contributed by atoms with Crippen LogP contribution in [0.25, 0.3) is 0 Å². The van der Waals surface area contributed by atoms with Gasteiger partial charge >= 0.3 is 11.9 Å². The van der Waals surface area contributed by atoms with Gasteiger partial charge in [0.2, 0.25) is 0 Å². The molecule has 0 fully saturated rings. The molecule has 0 bridgehead atoms. The van der Waals surface area contributed by atoms with Gasteiger partial charge in [-0.2, -0.15) is 0 Å². The number of aliphatic carboxylic acids is 1. The van der Waals surface area contributed by atoms with E-state index in [1.807, 2.05) is 31.2 Å². The molecule has 0 radical (unpaired) electrons. The van der Waals surface area contributed by atoms with Gasteiger partial charge in [0.1, 0.15) is 10.5 Å². The van der Waals surface area contributed by atoms with Crippen LogP contribution in [-0.2, 0) is 20.7 Å². The van der Waals surface area contributed by atoms with Crippen molar-refractivity contribution < 1.29 is 19.4 Å². The summed E-state index contributed by atoms with van der Waals surface area (Å²) in [6, 6.07) is 7.82. The van der Waals surface area contributed by atoms with Gasteiger partial charge in [-0.3, -0.25) is 9.59 Å². The summed E-state index contributed by atoms with van der Waals surface area (Å²) in [7, 11) is 1.32. The Hall–Kier alpha value is -1.49. The molecule has 1 aromatic rings. The van der Waals surface area contributed by atoms with Crippen molar-refractivity contribution in [1.82, 2.24) is 0 Å². The smallest absolute Gasteiger partial charge is 0.319 e. The van der Waals surface area contributed by atoms with E-state index in [9.17, 15) is 9.59 Å². The number of ether oxygens (including phenoxy) is 1. The highest BCUT2D eigenvalue weighted by atomic mass is 32.2. The third kappa shape index (κ3) is 4.95. The summed E-state index contributed by atoms with van der Waals surface area (Å²) in [6.45, 7) is 3.56. The molecule has 0 spiro atoms. The topological polar surface area (TPSA) is 63.6 Å². The molecule has 1 N–H and O–H groups in total. The van der Waals surface area contributed by atoms with Crippen LogP contribution in [0.4, 0.5) is 0 Å². The van der Waals surface area contributed by atoms with Crippen LogP contribution < -0.4 is 0 Å². The van der Waals surface area contributed by atoms with E-state index < -0.39 is 22.4 Å². The molecular formula is C14H18O4S. The molecule has 0 saturated carbocycles. The van der Waals surface area contributed by atoms with E-state index in [2.05, 4.69) is 0 Å². The van der Waals surface area contributed by atoms with E-state index in [0.717, 1.165) is 22.9 Å². The van der Waals surface area contributed by atoms with Crippen LogP contribution in [0.3, 0.4) is 0 Å². The SMILES string of the molecule is COC(=O)C(Cc1ccc(C)cc1)SC(C)C(=O)O. The second kappa shape index (κ2) is 7.19. The van der Waals surface area contributed by atoms with Crippen molar-refractivity contribution in [3.8, 4) is 0 Å². The minimum Gasteiger partial charge on any atom is -0.480 e. The number of aryl methyl sites for hydroxylation is 1. The van der Waals surface area contributed by atoms with Crippen LogP contribution in [0.1, 0.15) is 18.1 Å². The summed E-state index contributed by atoms with van der Waals surface area (Å²) in [4.78, 5) is 22.6. The zero-order valence-electron chi connectivity index (χ0n) is 11.3. The van der Waals surface area contributed by atoms with Crippen LogP contribution >= 0.6 is 11.8 Å². The number of benzene rings is 1. The number of esters is 1. The first-order valence-corrected chi connectivity index (χ1v) is 6.90. The molecule has 0 aliphatic heterocycles. The number of hydrogen-bond acceptors (Lipinski definition) is 4. The molecule has 0 aromatic heterocycles. The number of rotatable bonds is 6. The van der Waals surface area contributed by atoms with Crippen LogP contribution in [-0.4, -0.2) is 34.7 Å². The molecule has 0 amide bonds. The van der Waals surface area contributed by atoms with E-state index in [1.54, 1.807) is 6.92 Å². The van der Waals surface area contributed by atoms with Crippen LogP contribution in [0.15, 0.2) is 24.3 Å². The Labute approximate surface area is 117 Å². The average molecular weight is 282 g/mol. The molecular weight excluding hydrogens is 264 g/mol. The summed E-state index contributed by atoms with van der Waals surface area (Å²) in [5.74, 6) is -1.32. The minimum absolute atomic E-state index is 0.390. The van der Waals surface area contributed by atoms with E-state index in [1.165, 1.54) is 7.11 Å². The van der Waals surface area contributed by atoms with Crippen LogP contribution in [0.5, 0.6) is 0 Å². The summed E-state index contributed by atoms with van der Waals surface area (Å²) in [6.07, 6.45) is 0.467. The van der Waals surface area contributed by atoms with Crippen LogP contribution in [0, 0.1) is 6.92 Å². The largest absolute Gasteiger partial charge is 0.480 e. The first-order chi connectivity index (χ1) is 8.93.